The number of benzene rings is 1. The van der Waals surface area contributed by atoms with Crippen molar-refractivity contribution >= 4 is 17.0 Å². The topological polar surface area (TPSA) is 25.0 Å². The van der Waals surface area contributed by atoms with Crippen molar-refractivity contribution in [1.29, 1.82) is 0 Å². The summed E-state index contributed by atoms with van der Waals surface area (Å²) < 4.78 is 6.28. The highest BCUT2D eigenvalue weighted by atomic mass is 16.5. The number of aromatic nitrogens is 1. The number of fused-ring (bicyclic) bond motifs is 6. The molecule has 0 bridgehead atoms. The molecule has 0 saturated heterocycles. The summed E-state index contributed by atoms with van der Waals surface area (Å²) in [6.07, 6.45) is 11.3. The summed E-state index contributed by atoms with van der Waals surface area (Å²) in [5, 5.41) is 1.30. The van der Waals surface area contributed by atoms with Gasteiger partial charge in [0.05, 0.1) is 0 Å². The third-order valence-electron chi connectivity index (χ3n) is 4.68. The van der Waals surface area contributed by atoms with Crippen LogP contribution < -0.4 is 0 Å². The first-order chi connectivity index (χ1) is 9.92. The predicted octanol–water partition coefficient (Wildman–Crippen LogP) is 4.49. The van der Waals surface area contributed by atoms with Crippen LogP contribution in [0.25, 0.3) is 17.0 Å². The maximum atomic E-state index is 6.28. The van der Waals surface area contributed by atoms with Gasteiger partial charge in [-0.25, -0.2) is 0 Å². The van der Waals surface area contributed by atoms with Crippen LogP contribution in [0.3, 0.4) is 0 Å². The fourth-order valence-electron chi connectivity index (χ4n) is 3.78. The lowest BCUT2D eigenvalue weighted by Crippen LogP contribution is -2.12. The van der Waals surface area contributed by atoms with Crippen molar-refractivity contribution in [1.82, 2.24) is 4.98 Å². The molecule has 1 N–H and O–H groups in total. The minimum atomic E-state index is 0.152. The summed E-state index contributed by atoms with van der Waals surface area (Å²) in [7, 11) is 0. The van der Waals surface area contributed by atoms with Crippen LogP contribution in [-0.2, 0) is 4.74 Å². The Labute approximate surface area is 117 Å². The molecule has 1 aliphatic heterocycles. The number of allylic oxidation sites excluding steroid dienone is 2. The summed E-state index contributed by atoms with van der Waals surface area (Å²) in [5.41, 5.74) is 5.21. The molecule has 2 atom stereocenters. The van der Waals surface area contributed by atoms with E-state index in [0.717, 1.165) is 18.6 Å². The molecule has 2 aromatic rings. The van der Waals surface area contributed by atoms with Crippen LogP contribution in [0, 0.1) is 5.92 Å². The van der Waals surface area contributed by atoms with Crippen molar-refractivity contribution in [2.24, 2.45) is 5.92 Å². The van der Waals surface area contributed by atoms with E-state index in [9.17, 15) is 0 Å². The standard InChI is InChI=1S/C18H15NO/c1-3-7-14-13(6-1)17-15(19-14)10-9-12-11-5-2-4-8-16(11)20-18(12)17/h1,3-4,6-10,12,18-19H,2,5H2. The van der Waals surface area contributed by atoms with Gasteiger partial charge in [-0.3, -0.25) is 0 Å². The van der Waals surface area contributed by atoms with Gasteiger partial charge in [0, 0.05) is 28.1 Å². The molecule has 0 fully saturated rings. The Morgan fingerprint density at radius 3 is 3.10 bits per heavy atom. The van der Waals surface area contributed by atoms with Crippen molar-refractivity contribution in [3.8, 4) is 0 Å². The van der Waals surface area contributed by atoms with Gasteiger partial charge in [-0.15, -0.1) is 0 Å². The van der Waals surface area contributed by atoms with Crippen LogP contribution >= 0.6 is 0 Å². The Morgan fingerprint density at radius 1 is 1.15 bits per heavy atom. The molecule has 20 heavy (non-hydrogen) atoms. The van der Waals surface area contributed by atoms with Crippen LogP contribution in [0.1, 0.15) is 30.2 Å². The first-order valence-corrected chi connectivity index (χ1v) is 7.27. The summed E-state index contributed by atoms with van der Waals surface area (Å²) in [6.45, 7) is 0. The van der Waals surface area contributed by atoms with Crippen molar-refractivity contribution in [3.63, 3.8) is 0 Å². The van der Waals surface area contributed by atoms with Crippen molar-refractivity contribution in [2.75, 3.05) is 0 Å². The van der Waals surface area contributed by atoms with Gasteiger partial charge in [0.25, 0.3) is 0 Å². The van der Waals surface area contributed by atoms with Gasteiger partial charge < -0.3 is 9.72 Å². The largest absolute Gasteiger partial charge is 0.485 e. The second kappa shape index (κ2) is 3.66. The van der Waals surface area contributed by atoms with Gasteiger partial charge in [-0.2, -0.15) is 0 Å². The Bertz CT molecular complexity index is 806. The minimum Gasteiger partial charge on any atom is -0.485 e. The molecular formula is C18H15NO. The third-order valence-corrected chi connectivity index (χ3v) is 4.68. The van der Waals surface area contributed by atoms with E-state index < -0.39 is 0 Å². The first kappa shape index (κ1) is 10.6. The number of hydrogen-bond donors (Lipinski definition) is 1. The Morgan fingerprint density at radius 2 is 2.10 bits per heavy atom. The smallest absolute Gasteiger partial charge is 0.136 e. The monoisotopic (exact) mass is 261 g/mol. The number of ether oxygens (including phenoxy) is 1. The second-order valence-electron chi connectivity index (χ2n) is 5.75. The predicted molar refractivity (Wildman–Crippen MR) is 80.0 cm³/mol. The Balaban J connectivity index is 1.72. The molecule has 1 aromatic carbocycles. The summed E-state index contributed by atoms with van der Waals surface area (Å²) >= 11 is 0. The molecule has 2 heterocycles. The Hall–Kier alpha value is -2.22. The average Bonchev–Trinajstić information content (AvgIpc) is 3.04. The maximum Gasteiger partial charge on any atom is 0.136 e. The number of nitrogens with one attached hydrogen (secondary N) is 1. The number of para-hydroxylation sites is 1. The van der Waals surface area contributed by atoms with E-state index in [1.165, 1.54) is 27.7 Å². The molecule has 5 rings (SSSR count). The molecule has 0 radical (unpaired) electrons. The van der Waals surface area contributed by atoms with Crippen LogP contribution in [0.5, 0.6) is 0 Å². The Kier molecular flexibility index (Phi) is 1.93. The molecule has 98 valence electrons. The highest BCUT2D eigenvalue weighted by Gasteiger charge is 2.39. The molecule has 2 aliphatic carbocycles. The number of rotatable bonds is 0. The average molecular weight is 261 g/mol. The first-order valence-electron chi connectivity index (χ1n) is 7.27. The van der Waals surface area contributed by atoms with E-state index in [-0.39, 0.29) is 6.10 Å². The lowest BCUT2D eigenvalue weighted by atomic mass is 9.82. The second-order valence-corrected chi connectivity index (χ2v) is 5.75. The zero-order chi connectivity index (χ0) is 13.1. The molecule has 0 saturated carbocycles. The van der Waals surface area contributed by atoms with E-state index in [1.54, 1.807) is 0 Å². The zero-order valence-electron chi connectivity index (χ0n) is 11.1. The molecule has 0 spiro atoms. The lowest BCUT2D eigenvalue weighted by Gasteiger charge is -2.22. The SMILES string of the molecule is C1=CC2=C(CC1)C1C=Cc3[nH]c4ccccc4c3C1O2. The summed E-state index contributed by atoms with van der Waals surface area (Å²) in [5.74, 6) is 1.52. The van der Waals surface area contributed by atoms with E-state index in [4.69, 9.17) is 4.74 Å². The van der Waals surface area contributed by atoms with Crippen LogP contribution in [-0.4, -0.2) is 4.98 Å². The van der Waals surface area contributed by atoms with Gasteiger partial charge in [0.1, 0.15) is 11.9 Å². The van der Waals surface area contributed by atoms with Gasteiger partial charge in [0.15, 0.2) is 0 Å². The van der Waals surface area contributed by atoms with E-state index in [0.29, 0.717) is 5.92 Å². The van der Waals surface area contributed by atoms with Crippen molar-refractivity contribution in [3.05, 3.63) is 65.1 Å². The lowest BCUT2D eigenvalue weighted by molar-refractivity contribution is 0.134. The molecular weight excluding hydrogens is 246 g/mol. The van der Waals surface area contributed by atoms with Gasteiger partial charge in [-0.1, -0.05) is 30.4 Å². The summed E-state index contributed by atoms with van der Waals surface area (Å²) in [6, 6.07) is 8.51. The molecule has 2 heteroatoms. The normalized spacial score (nSPS) is 26.4. The molecule has 1 aromatic heterocycles. The van der Waals surface area contributed by atoms with Crippen LogP contribution in [0.4, 0.5) is 0 Å². The quantitative estimate of drug-likeness (QED) is 0.742. The van der Waals surface area contributed by atoms with Gasteiger partial charge >= 0.3 is 0 Å². The van der Waals surface area contributed by atoms with E-state index >= 15 is 0 Å². The summed E-state index contributed by atoms with van der Waals surface area (Å²) in [4.78, 5) is 3.51. The van der Waals surface area contributed by atoms with Gasteiger partial charge in [0.2, 0.25) is 0 Å². The molecule has 0 amide bonds. The number of aromatic amines is 1. The fourth-order valence-corrected chi connectivity index (χ4v) is 3.78. The van der Waals surface area contributed by atoms with E-state index in [1.807, 2.05) is 0 Å². The van der Waals surface area contributed by atoms with E-state index in [2.05, 4.69) is 53.6 Å². The highest BCUT2D eigenvalue weighted by molar-refractivity contribution is 5.88. The number of H-pyrrole nitrogens is 1. The zero-order valence-corrected chi connectivity index (χ0v) is 11.1. The third kappa shape index (κ3) is 1.24. The molecule has 3 aliphatic rings. The molecule has 2 nitrogen and oxygen atoms in total. The van der Waals surface area contributed by atoms with Crippen molar-refractivity contribution < 1.29 is 4.74 Å². The van der Waals surface area contributed by atoms with Crippen molar-refractivity contribution in [2.45, 2.75) is 18.9 Å². The maximum absolute atomic E-state index is 6.28. The number of hydrogen-bond acceptors (Lipinski definition) is 1. The van der Waals surface area contributed by atoms with Crippen LogP contribution in [0.15, 0.2) is 53.8 Å². The molecule has 2 unspecified atom stereocenters. The fraction of sp³-hybridized carbons (Fsp3) is 0.222. The minimum absolute atomic E-state index is 0.152. The highest BCUT2D eigenvalue weighted by Crippen LogP contribution is 2.50. The van der Waals surface area contributed by atoms with Crippen LogP contribution in [0.2, 0.25) is 0 Å². The van der Waals surface area contributed by atoms with Gasteiger partial charge in [-0.05, 0) is 36.6 Å².